The van der Waals surface area contributed by atoms with Gasteiger partial charge in [-0.2, -0.15) is 0 Å². The number of anilines is 1. The maximum atomic E-state index is 12.9. The number of hydrogen-bond acceptors (Lipinski definition) is 8. The van der Waals surface area contributed by atoms with Crippen molar-refractivity contribution in [2.75, 3.05) is 4.72 Å². The van der Waals surface area contributed by atoms with Crippen molar-refractivity contribution in [3.05, 3.63) is 96.0 Å². The lowest BCUT2D eigenvalue weighted by molar-refractivity contribution is 0.103. The molecule has 0 saturated heterocycles. The summed E-state index contributed by atoms with van der Waals surface area (Å²) in [5.41, 5.74) is 0.684. The SMILES string of the molecule is O=C(c1ccccc1)c1c[nH]cc1S(=O)(=O)Cc1nnc(CS(=O)(=O)Nc2ccccc2)o1. The number of nitrogens with one attached hydrogen (secondary N) is 2. The lowest BCUT2D eigenvalue weighted by atomic mass is 10.1. The highest BCUT2D eigenvalue weighted by atomic mass is 32.2. The molecule has 0 aliphatic rings. The standard InChI is InChI=1S/C21H18N4O6S2/c26-21(15-7-3-1-4-8-15)17-11-22-12-18(17)32(27,28)13-19-23-24-20(31-19)14-33(29,30)25-16-9-5-2-6-10-16/h1-12,22,25H,13-14H2. The Labute approximate surface area is 189 Å². The average Bonchev–Trinajstić information content (AvgIpc) is 3.44. The topological polar surface area (TPSA) is 152 Å². The van der Waals surface area contributed by atoms with Crippen molar-refractivity contribution in [2.45, 2.75) is 16.4 Å². The van der Waals surface area contributed by atoms with Gasteiger partial charge in [0.25, 0.3) is 0 Å². The molecule has 2 aromatic carbocycles. The average molecular weight is 487 g/mol. The molecule has 0 aliphatic heterocycles. The van der Waals surface area contributed by atoms with E-state index in [1.807, 2.05) is 0 Å². The molecule has 12 heteroatoms. The number of ketones is 1. The Bertz CT molecular complexity index is 1480. The normalized spacial score (nSPS) is 11.9. The third-order valence-corrected chi connectivity index (χ3v) is 7.31. The Morgan fingerprint density at radius 1 is 0.848 bits per heavy atom. The summed E-state index contributed by atoms with van der Waals surface area (Å²) in [5, 5.41) is 7.29. The van der Waals surface area contributed by atoms with Crippen molar-refractivity contribution in [3.63, 3.8) is 0 Å². The van der Waals surface area contributed by atoms with E-state index in [2.05, 4.69) is 19.9 Å². The van der Waals surface area contributed by atoms with E-state index in [1.54, 1.807) is 60.7 Å². The number of aromatic amines is 1. The van der Waals surface area contributed by atoms with E-state index >= 15 is 0 Å². The molecular weight excluding hydrogens is 468 g/mol. The fraction of sp³-hybridized carbons (Fsp3) is 0.0952. The predicted octanol–water partition coefficient (Wildman–Crippen LogP) is 2.54. The van der Waals surface area contributed by atoms with Gasteiger partial charge in [-0.1, -0.05) is 48.5 Å². The highest BCUT2D eigenvalue weighted by Gasteiger charge is 2.27. The highest BCUT2D eigenvalue weighted by Crippen LogP contribution is 2.23. The van der Waals surface area contributed by atoms with Crippen molar-refractivity contribution in [2.24, 2.45) is 0 Å². The minimum absolute atomic E-state index is 0.0180. The van der Waals surface area contributed by atoms with Crippen LogP contribution in [0.4, 0.5) is 5.69 Å². The van der Waals surface area contributed by atoms with E-state index in [0.29, 0.717) is 11.3 Å². The van der Waals surface area contributed by atoms with Crippen LogP contribution in [0.5, 0.6) is 0 Å². The maximum absolute atomic E-state index is 12.9. The number of para-hydroxylation sites is 1. The molecule has 170 valence electrons. The third kappa shape index (κ3) is 5.35. The number of sulfone groups is 1. The van der Waals surface area contributed by atoms with Crippen molar-refractivity contribution < 1.29 is 26.0 Å². The van der Waals surface area contributed by atoms with Gasteiger partial charge >= 0.3 is 0 Å². The second-order valence-electron chi connectivity index (χ2n) is 7.00. The molecule has 0 amide bonds. The van der Waals surface area contributed by atoms with Gasteiger partial charge in [0.2, 0.25) is 21.8 Å². The lowest BCUT2D eigenvalue weighted by Crippen LogP contribution is -2.15. The zero-order valence-corrected chi connectivity index (χ0v) is 18.6. The number of H-pyrrole nitrogens is 1. The number of hydrogen-bond donors (Lipinski definition) is 2. The number of nitrogens with zero attached hydrogens (tertiary/aromatic N) is 2. The molecule has 0 atom stereocenters. The first kappa shape index (κ1) is 22.4. The first-order valence-corrected chi connectivity index (χ1v) is 12.9. The molecule has 33 heavy (non-hydrogen) atoms. The second-order valence-corrected chi connectivity index (χ2v) is 10.7. The number of carbonyl (C=O) groups excluding carboxylic acids is 1. The van der Waals surface area contributed by atoms with Gasteiger partial charge in [0, 0.05) is 23.6 Å². The number of carbonyl (C=O) groups is 1. The fourth-order valence-corrected chi connectivity index (χ4v) is 5.40. The molecule has 2 heterocycles. The van der Waals surface area contributed by atoms with Gasteiger partial charge in [-0.25, -0.2) is 16.8 Å². The third-order valence-electron chi connectivity index (χ3n) is 4.51. The Morgan fingerprint density at radius 3 is 2.12 bits per heavy atom. The molecule has 10 nitrogen and oxygen atoms in total. The van der Waals surface area contributed by atoms with Crippen molar-refractivity contribution >= 4 is 31.3 Å². The molecule has 0 saturated carbocycles. The van der Waals surface area contributed by atoms with E-state index in [0.717, 1.165) is 0 Å². The van der Waals surface area contributed by atoms with E-state index in [1.165, 1.54) is 12.4 Å². The van der Waals surface area contributed by atoms with Crippen LogP contribution in [0.25, 0.3) is 0 Å². The maximum Gasteiger partial charge on any atom is 0.241 e. The van der Waals surface area contributed by atoms with Crippen LogP contribution in [0.15, 0.2) is 82.4 Å². The fourth-order valence-electron chi connectivity index (χ4n) is 3.06. The molecule has 0 unspecified atom stereocenters. The first-order chi connectivity index (χ1) is 15.7. The molecular formula is C21H18N4O6S2. The van der Waals surface area contributed by atoms with Gasteiger partial charge in [0.05, 0.1) is 10.5 Å². The molecule has 0 aliphatic carbocycles. The summed E-state index contributed by atoms with van der Waals surface area (Å²) in [5.74, 6) is -2.34. The summed E-state index contributed by atoms with van der Waals surface area (Å²) in [6.07, 6.45) is 2.51. The minimum atomic E-state index is -4.05. The Kier molecular flexibility index (Phi) is 6.11. The van der Waals surface area contributed by atoms with Gasteiger partial charge < -0.3 is 9.40 Å². The van der Waals surface area contributed by atoms with Gasteiger partial charge in [-0.15, -0.1) is 10.2 Å². The Balaban J connectivity index is 1.49. The largest absolute Gasteiger partial charge is 0.423 e. The van der Waals surface area contributed by atoms with E-state index in [4.69, 9.17) is 4.42 Å². The zero-order valence-electron chi connectivity index (χ0n) is 17.0. The molecule has 4 aromatic rings. The number of benzene rings is 2. The summed E-state index contributed by atoms with van der Waals surface area (Å²) >= 11 is 0. The number of sulfonamides is 1. The van der Waals surface area contributed by atoms with E-state index in [-0.39, 0.29) is 22.2 Å². The van der Waals surface area contributed by atoms with Crippen LogP contribution in [0.1, 0.15) is 27.7 Å². The number of rotatable bonds is 9. The van der Waals surface area contributed by atoms with Gasteiger partial charge in [0.15, 0.2) is 15.6 Å². The van der Waals surface area contributed by atoms with Gasteiger partial charge in [-0.05, 0) is 12.1 Å². The van der Waals surface area contributed by atoms with Crippen LogP contribution in [0.3, 0.4) is 0 Å². The first-order valence-electron chi connectivity index (χ1n) is 9.60. The van der Waals surface area contributed by atoms with Crippen LogP contribution in [-0.4, -0.2) is 37.8 Å². The van der Waals surface area contributed by atoms with Gasteiger partial charge in [0.1, 0.15) is 11.5 Å². The molecule has 0 spiro atoms. The summed E-state index contributed by atoms with van der Waals surface area (Å²) in [6.45, 7) is 0. The monoisotopic (exact) mass is 486 g/mol. The molecule has 0 bridgehead atoms. The highest BCUT2D eigenvalue weighted by molar-refractivity contribution is 7.92. The van der Waals surface area contributed by atoms with Crippen LogP contribution >= 0.6 is 0 Å². The van der Waals surface area contributed by atoms with Crippen LogP contribution < -0.4 is 4.72 Å². The zero-order chi connectivity index (χ0) is 23.5. The Morgan fingerprint density at radius 2 is 1.45 bits per heavy atom. The molecule has 0 fully saturated rings. The lowest BCUT2D eigenvalue weighted by Gasteiger charge is -2.05. The molecule has 0 radical (unpaired) electrons. The summed E-state index contributed by atoms with van der Waals surface area (Å²) < 4.78 is 58.1. The van der Waals surface area contributed by atoms with Crippen molar-refractivity contribution in [3.8, 4) is 0 Å². The molecule has 2 N–H and O–H groups in total. The quantitative estimate of drug-likeness (QED) is 0.342. The van der Waals surface area contributed by atoms with E-state index in [9.17, 15) is 21.6 Å². The smallest absolute Gasteiger partial charge is 0.241 e. The van der Waals surface area contributed by atoms with Crippen LogP contribution in [-0.2, 0) is 31.4 Å². The second kappa shape index (κ2) is 9.00. The summed E-state index contributed by atoms with van der Waals surface area (Å²) in [6, 6.07) is 16.5. The van der Waals surface area contributed by atoms with Gasteiger partial charge in [-0.3, -0.25) is 9.52 Å². The van der Waals surface area contributed by atoms with E-state index < -0.39 is 37.1 Å². The van der Waals surface area contributed by atoms with Crippen LogP contribution in [0.2, 0.25) is 0 Å². The minimum Gasteiger partial charge on any atom is -0.423 e. The molecule has 4 rings (SSSR count). The molecule has 2 aromatic heterocycles. The summed E-state index contributed by atoms with van der Waals surface area (Å²) in [7, 11) is -7.90. The van der Waals surface area contributed by atoms with Crippen molar-refractivity contribution in [1.82, 2.24) is 15.2 Å². The predicted molar refractivity (Wildman–Crippen MR) is 119 cm³/mol. The van der Waals surface area contributed by atoms with Crippen molar-refractivity contribution in [1.29, 1.82) is 0 Å². The summed E-state index contributed by atoms with van der Waals surface area (Å²) in [4.78, 5) is 15.2. The Hall–Kier alpha value is -3.77. The van der Waals surface area contributed by atoms with Crippen LogP contribution in [0, 0.1) is 0 Å². The number of aromatic nitrogens is 3.